The maximum atomic E-state index is 12.3. The molecule has 0 saturated heterocycles. The fraction of sp³-hybridized carbons (Fsp3) is 0.500. The molecule has 2 aliphatic carbocycles. The first kappa shape index (κ1) is 15.4. The molecular formula is C20H23NO3. The minimum Gasteiger partial charge on any atom is -0.489 e. The van der Waals surface area contributed by atoms with Crippen LogP contribution in [0.3, 0.4) is 0 Å². The Morgan fingerprint density at radius 2 is 1.83 bits per heavy atom. The second-order valence-corrected chi connectivity index (χ2v) is 7.06. The average Bonchev–Trinajstić information content (AvgIpc) is 2.96. The molecule has 2 saturated carbocycles. The predicted molar refractivity (Wildman–Crippen MR) is 91.8 cm³/mol. The Kier molecular flexibility index (Phi) is 4.37. The molecule has 2 aromatic rings. The van der Waals surface area contributed by atoms with E-state index in [0.29, 0.717) is 13.2 Å². The van der Waals surface area contributed by atoms with Crippen LogP contribution in [-0.4, -0.2) is 24.2 Å². The van der Waals surface area contributed by atoms with Gasteiger partial charge < -0.3 is 9.47 Å². The molecule has 0 aliphatic heterocycles. The standard InChI is InChI=1S/C20H23NO3/c22-20(16-12-14-5-6-15(11-14)13-16)24-10-9-23-19-7-8-21-18-4-2-1-3-17(18)19/h1-4,7-8,14-16H,5-6,9-13H2. The van der Waals surface area contributed by atoms with Crippen molar-refractivity contribution in [3.05, 3.63) is 36.5 Å². The Morgan fingerprint density at radius 1 is 1.04 bits per heavy atom. The van der Waals surface area contributed by atoms with Crippen molar-refractivity contribution in [3.8, 4) is 5.75 Å². The van der Waals surface area contributed by atoms with Gasteiger partial charge >= 0.3 is 5.97 Å². The van der Waals surface area contributed by atoms with Gasteiger partial charge in [0.1, 0.15) is 19.0 Å². The SMILES string of the molecule is O=C(OCCOc1ccnc2ccccc12)C1CC2CCC(C2)C1. The number of hydrogen-bond donors (Lipinski definition) is 0. The van der Waals surface area contributed by atoms with Crippen molar-refractivity contribution >= 4 is 16.9 Å². The molecule has 0 amide bonds. The molecule has 2 aliphatic rings. The molecule has 2 fully saturated rings. The summed E-state index contributed by atoms with van der Waals surface area (Å²) in [6.07, 6.45) is 7.69. The summed E-state index contributed by atoms with van der Waals surface area (Å²) in [5.74, 6) is 2.36. The summed E-state index contributed by atoms with van der Waals surface area (Å²) in [5.41, 5.74) is 0.907. The van der Waals surface area contributed by atoms with Crippen molar-refractivity contribution in [3.63, 3.8) is 0 Å². The normalized spacial score (nSPS) is 25.6. The van der Waals surface area contributed by atoms with Crippen LogP contribution in [0.2, 0.25) is 0 Å². The second kappa shape index (κ2) is 6.80. The Labute approximate surface area is 142 Å². The molecule has 0 spiro atoms. The third-order valence-corrected chi connectivity index (χ3v) is 5.41. The maximum Gasteiger partial charge on any atom is 0.309 e. The van der Waals surface area contributed by atoms with Crippen LogP contribution >= 0.6 is 0 Å². The molecule has 1 aromatic heterocycles. The number of carbonyl (C=O) groups is 1. The van der Waals surface area contributed by atoms with Crippen LogP contribution in [0.1, 0.15) is 32.1 Å². The Balaban J connectivity index is 1.27. The highest BCUT2D eigenvalue weighted by Gasteiger charge is 2.37. The first-order valence-corrected chi connectivity index (χ1v) is 8.93. The van der Waals surface area contributed by atoms with E-state index in [1.165, 1.54) is 19.3 Å². The topological polar surface area (TPSA) is 48.4 Å². The fourth-order valence-electron chi connectivity index (χ4n) is 4.31. The van der Waals surface area contributed by atoms with Gasteiger partial charge in [0.25, 0.3) is 0 Å². The number of hydrogen-bond acceptors (Lipinski definition) is 4. The van der Waals surface area contributed by atoms with Crippen molar-refractivity contribution < 1.29 is 14.3 Å². The number of carbonyl (C=O) groups excluding carboxylic acids is 1. The van der Waals surface area contributed by atoms with E-state index in [0.717, 1.165) is 41.3 Å². The lowest BCUT2D eigenvalue weighted by Crippen LogP contribution is -2.26. The summed E-state index contributed by atoms with van der Waals surface area (Å²) in [6, 6.07) is 9.72. The average molecular weight is 325 g/mol. The summed E-state index contributed by atoms with van der Waals surface area (Å²) in [6.45, 7) is 0.681. The molecule has 4 rings (SSSR count). The molecule has 0 N–H and O–H groups in total. The maximum absolute atomic E-state index is 12.3. The third kappa shape index (κ3) is 3.23. The van der Waals surface area contributed by atoms with Crippen LogP contribution in [0.4, 0.5) is 0 Å². The first-order valence-electron chi connectivity index (χ1n) is 8.93. The summed E-state index contributed by atoms with van der Waals surface area (Å²) in [7, 11) is 0. The van der Waals surface area contributed by atoms with Crippen molar-refractivity contribution in [2.45, 2.75) is 32.1 Å². The van der Waals surface area contributed by atoms with Crippen LogP contribution in [0.5, 0.6) is 5.75 Å². The van der Waals surface area contributed by atoms with Crippen LogP contribution in [-0.2, 0) is 9.53 Å². The zero-order valence-corrected chi connectivity index (χ0v) is 13.8. The minimum atomic E-state index is -0.0326. The number of aromatic nitrogens is 1. The Bertz CT molecular complexity index is 712. The lowest BCUT2D eigenvalue weighted by atomic mass is 9.81. The molecule has 1 aromatic carbocycles. The van der Waals surface area contributed by atoms with Gasteiger partial charge in [0.2, 0.25) is 0 Å². The molecule has 0 radical (unpaired) electrons. The number of pyridine rings is 1. The van der Waals surface area contributed by atoms with E-state index < -0.39 is 0 Å². The molecule has 2 atom stereocenters. The molecule has 4 heteroatoms. The highest BCUT2D eigenvalue weighted by molar-refractivity contribution is 5.84. The van der Waals surface area contributed by atoms with Gasteiger partial charge in [-0.05, 0) is 49.3 Å². The van der Waals surface area contributed by atoms with Crippen LogP contribution in [0.25, 0.3) is 10.9 Å². The fourth-order valence-corrected chi connectivity index (χ4v) is 4.31. The number of para-hydroxylation sites is 1. The smallest absolute Gasteiger partial charge is 0.309 e. The van der Waals surface area contributed by atoms with E-state index in [-0.39, 0.29) is 11.9 Å². The number of esters is 1. The molecular weight excluding hydrogens is 302 g/mol. The van der Waals surface area contributed by atoms with Gasteiger partial charge in [-0.2, -0.15) is 0 Å². The molecule has 2 bridgehead atoms. The monoisotopic (exact) mass is 325 g/mol. The Morgan fingerprint density at radius 3 is 2.67 bits per heavy atom. The van der Waals surface area contributed by atoms with Gasteiger partial charge in [0, 0.05) is 11.6 Å². The summed E-state index contributed by atoms with van der Waals surface area (Å²) >= 11 is 0. The predicted octanol–water partition coefficient (Wildman–Crippen LogP) is 3.98. The molecule has 1 heterocycles. The van der Waals surface area contributed by atoms with E-state index in [1.54, 1.807) is 6.20 Å². The van der Waals surface area contributed by atoms with Gasteiger partial charge in [-0.25, -0.2) is 0 Å². The van der Waals surface area contributed by atoms with E-state index >= 15 is 0 Å². The van der Waals surface area contributed by atoms with E-state index in [1.807, 2.05) is 30.3 Å². The highest BCUT2D eigenvalue weighted by Crippen LogP contribution is 2.44. The van der Waals surface area contributed by atoms with Crippen molar-refractivity contribution in [2.24, 2.45) is 17.8 Å². The Hall–Kier alpha value is -2.10. The first-order chi connectivity index (χ1) is 11.8. The van der Waals surface area contributed by atoms with Gasteiger partial charge in [0.05, 0.1) is 11.4 Å². The summed E-state index contributed by atoms with van der Waals surface area (Å²) in [5, 5.41) is 0.982. The van der Waals surface area contributed by atoms with Crippen LogP contribution in [0, 0.1) is 17.8 Å². The second-order valence-electron chi connectivity index (χ2n) is 7.06. The lowest BCUT2D eigenvalue weighted by Gasteiger charge is -2.26. The summed E-state index contributed by atoms with van der Waals surface area (Å²) in [4.78, 5) is 16.6. The minimum absolute atomic E-state index is 0.0326. The van der Waals surface area contributed by atoms with E-state index in [4.69, 9.17) is 9.47 Å². The van der Waals surface area contributed by atoms with Gasteiger partial charge in [-0.3, -0.25) is 9.78 Å². The number of rotatable bonds is 5. The number of nitrogens with zero attached hydrogens (tertiary/aromatic N) is 1. The van der Waals surface area contributed by atoms with Gasteiger partial charge in [-0.15, -0.1) is 0 Å². The third-order valence-electron chi connectivity index (χ3n) is 5.41. The van der Waals surface area contributed by atoms with E-state index in [9.17, 15) is 4.79 Å². The largest absolute Gasteiger partial charge is 0.489 e. The molecule has 4 nitrogen and oxygen atoms in total. The number of benzene rings is 1. The van der Waals surface area contributed by atoms with E-state index in [2.05, 4.69) is 4.98 Å². The van der Waals surface area contributed by atoms with Gasteiger partial charge in [-0.1, -0.05) is 25.0 Å². The highest BCUT2D eigenvalue weighted by atomic mass is 16.6. The van der Waals surface area contributed by atoms with Crippen molar-refractivity contribution in [1.82, 2.24) is 4.98 Å². The molecule has 126 valence electrons. The molecule has 24 heavy (non-hydrogen) atoms. The van der Waals surface area contributed by atoms with Crippen molar-refractivity contribution in [1.29, 1.82) is 0 Å². The van der Waals surface area contributed by atoms with Crippen LogP contribution < -0.4 is 4.74 Å². The van der Waals surface area contributed by atoms with Crippen LogP contribution in [0.15, 0.2) is 36.5 Å². The zero-order chi connectivity index (χ0) is 16.4. The lowest BCUT2D eigenvalue weighted by molar-refractivity contribution is -0.151. The number of fused-ring (bicyclic) bond motifs is 3. The molecule has 2 unspecified atom stereocenters. The zero-order valence-electron chi connectivity index (χ0n) is 13.8. The summed E-state index contributed by atoms with van der Waals surface area (Å²) < 4.78 is 11.3. The van der Waals surface area contributed by atoms with Gasteiger partial charge in [0.15, 0.2) is 0 Å². The number of ether oxygens (including phenoxy) is 2. The quantitative estimate of drug-likeness (QED) is 0.616. The van der Waals surface area contributed by atoms with Crippen molar-refractivity contribution in [2.75, 3.05) is 13.2 Å².